The number of benzene rings is 1. The maximum atomic E-state index is 12.5. The van der Waals surface area contributed by atoms with Crippen molar-refractivity contribution < 1.29 is 18.0 Å². The van der Waals surface area contributed by atoms with Crippen molar-refractivity contribution in [3.8, 4) is 0 Å². The largest absolute Gasteiger partial charge is 0.369 e. The summed E-state index contributed by atoms with van der Waals surface area (Å²) in [6.45, 7) is 4.57. The van der Waals surface area contributed by atoms with E-state index in [1.165, 1.54) is 24.3 Å². The quantitative estimate of drug-likeness (QED) is 0.724. The van der Waals surface area contributed by atoms with Gasteiger partial charge >= 0.3 is 0 Å². The molecule has 1 saturated heterocycles. The average molecular weight is 431 g/mol. The first-order valence-electron chi connectivity index (χ1n) is 9.84. The Balaban J connectivity index is 1.65. The number of pyridine rings is 1. The summed E-state index contributed by atoms with van der Waals surface area (Å²) in [4.78, 5) is 30.5. The summed E-state index contributed by atoms with van der Waals surface area (Å²) < 4.78 is 24.4. The number of carbonyl (C=O) groups is 2. The molecule has 3 rings (SSSR count). The molecule has 1 aromatic carbocycles. The van der Waals surface area contributed by atoms with E-state index < -0.39 is 15.1 Å². The van der Waals surface area contributed by atoms with E-state index in [0.717, 1.165) is 25.2 Å². The Hall–Kier alpha value is -2.94. The first-order valence-corrected chi connectivity index (χ1v) is 11.4. The van der Waals surface area contributed by atoms with Crippen molar-refractivity contribution >= 4 is 33.2 Å². The van der Waals surface area contributed by atoms with Crippen molar-refractivity contribution in [2.24, 2.45) is 11.7 Å². The van der Waals surface area contributed by atoms with Gasteiger partial charge in [0.25, 0.3) is 5.91 Å². The van der Waals surface area contributed by atoms with Gasteiger partial charge in [-0.1, -0.05) is 0 Å². The minimum atomic E-state index is -3.38. The van der Waals surface area contributed by atoms with E-state index in [1.807, 2.05) is 4.90 Å². The highest BCUT2D eigenvalue weighted by molar-refractivity contribution is 7.92. The van der Waals surface area contributed by atoms with Gasteiger partial charge < -0.3 is 16.0 Å². The van der Waals surface area contributed by atoms with Crippen LogP contribution in [0, 0.1) is 5.92 Å². The Morgan fingerprint density at radius 2 is 1.87 bits per heavy atom. The third-order valence-electron chi connectivity index (χ3n) is 5.22. The Labute approximate surface area is 176 Å². The van der Waals surface area contributed by atoms with E-state index in [2.05, 4.69) is 10.3 Å². The maximum Gasteiger partial charge on any atom is 0.255 e. The van der Waals surface area contributed by atoms with E-state index in [4.69, 9.17) is 5.73 Å². The second kappa shape index (κ2) is 8.83. The van der Waals surface area contributed by atoms with Gasteiger partial charge in [0.2, 0.25) is 5.91 Å². The van der Waals surface area contributed by atoms with Crippen LogP contribution in [-0.2, 0) is 14.6 Å². The molecule has 160 valence electrons. The van der Waals surface area contributed by atoms with Crippen LogP contribution in [0.5, 0.6) is 0 Å². The van der Waals surface area contributed by atoms with Crippen LogP contribution in [0.15, 0.2) is 47.5 Å². The summed E-state index contributed by atoms with van der Waals surface area (Å²) in [5.74, 6) is -0.106. The van der Waals surface area contributed by atoms with Gasteiger partial charge in [-0.25, -0.2) is 13.4 Å². The monoisotopic (exact) mass is 430 g/mol. The number of carbonyl (C=O) groups excluding carboxylic acids is 2. The SMILES string of the molecule is CC(C)S(=O)(=O)c1ccc(C(=O)Nc2ccc(N3CCCC(C(N)=O)C3)nc2)cc1. The van der Waals surface area contributed by atoms with Crippen LogP contribution in [0.3, 0.4) is 0 Å². The summed E-state index contributed by atoms with van der Waals surface area (Å²) in [6, 6.07) is 9.39. The third kappa shape index (κ3) is 4.79. The third-order valence-corrected chi connectivity index (χ3v) is 7.39. The van der Waals surface area contributed by atoms with Gasteiger partial charge in [-0.2, -0.15) is 0 Å². The molecule has 0 aliphatic carbocycles. The molecule has 2 amide bonds. The Bertz CT molecular complexity index is 1020. The zero-order valence-corrected chi connectivity index (χ0v) is 17.9. The second-order valence-electron chi connectivity index (χ2n) is 7.66. The fourth-order valence-corrected chi connectivity index (χ4v) is 4.40. The summed E-state index contributed by atoms with van der Waals surface area (Å²) in [5, 5.41) is 2.22. The highest BCUT2D eigenvalue weighted by atomic mass is 32.2. The molecule has 8 nitrogen and oxygen atoms in total. The number of sulfone groups is 1. The Morgan fingerprint density at radius 1 is 1.17 bits per heavy atom. The molecule has 1 aliphatic heterocycles. The van der Waals surface area contributed by atoms with Gasteiger partial charge in [0.1, 0.15) is 5.82 Å². The maximum absolute atomic E-state index is 12.5. The first kappa shape index (κ1) is 21.8. The predicted octanol–water partition coefficient (Wildman–Crippen LogP) is 2.22. The van der Waals surface area contributed by atoms with Gasteiger partial charge in [0.05, 0.1) is 27.9 Å². The number of rotatable bonds is 6. The number of hydrogen-bond donors (Lipinski definition) is 2. The molecule has 1 fully saturated rings. The lowest BCUT2D eigenvalue weighted by Crippen LogP contribution is -2.41. The Kier molecular flexibility index (Phi) is 6.40. The van der Waals surface area contributed by atoms with Gasteiger partial charge in [0.15, 0.2) is 9.84 Å². The number of nitrogens with one attached hydrogen (secondary N) is 1. The molecule has 0 radical (unpaired) electrons. The van der Waals surface area contributed by atoms with Crippen LogP contribution >= 0.6 is 0 Å². The highest BCUT2D eigenvalue weighted by Gasteiger charge is 2.24. The molecule has 1 unspecified atom stereocenters. The fraction of sp³-hybridized carbons (Fsp3) is 0.381. The molecule has 0 bridgehead atoms. The zero-order chi connectivity index (χ0) is 21.9. The Morgan fingerprint density at radius 3 is 2.43 bits per heavy atom. The van der Waals surface area contributed by atoms with Gasteiger partial charge in [-0.3, -0.25) is 9.59 Å². The van der Waals surface area contributed by atoms with Crippen LogP contribution in [0.2, 0.25) is 0 Å². The summed E-state index contributed by atoms with van der Waals surface area (Å²) in [6.07, 6.45) is 3.21. The normalized spacial score (nSPS) is 17.0. The van der Waals surface area contributed by atoms with Crippen molar-refractivity contribution in [1.29, 1.82) is 0 Å². The lowest BCUT2D eigenvalue weighted by Gasteiger charge is -2.32. The van der Waals surface area contributed by atoms with Gasteiger partial charge in [0, 0.05) is 18.7 Å². The van der Waals surface area contributed by atoms with E-state index >= 15 is 0 Å². The van der Waals surface area contributed by atoms with Crippen LogP contribution in [0.1, 0.15) is 37.0 Å². The molecule has 0 spiro atoms. The number of aromatic nitrogens is 1. The molecular formula is C21H26N4O4S. The number of primary amides is 1. The molecule has 0 saturated carbocycles. The number of nitrogens with zero attached hydrogens (tertiary/aromatic N) is 2. The minimum absolute atomic E-state index is 0.178. The molecule has 1 aliphatic rings. The molecular weight excluding hydrogens is 404 g/mol. The highest BCUT2D eigenvalue weighted by Crippen LogP contribution is 2.23. The number of nitrogens with two attached hydrogens (primary N) is 1. The topological polar surface area (TPSA) is 122 Å². The van der Waals surface area contributed by atoms with Gasteiger partial charge in [-0.15, -0.1) is 0 Å². The molecule has 2 aromatic rings. The van der Waals surface area contributed by atoms with E-state index in [1.54, 1.807) is 32.2 Å². The van der Waals surface area contributed by atoms with Crippen molar-refractivity contribution in [2.75, 3.05) is 23.3 Å². The standard InChI is InChI=1S/C21H26N4O4S/c1-14(2)30(28,29)18-8-5-15(6-9-18)21(27)24-17-7-10-19(23-12-17)25-11-3-4-16(13-25)20(22)26/h5-10,12,14,16H,3-4,11,13H2,1-2H3,(H2,22,26)(H,24,27). The lowest BCUT2D eigenvalue weighted by molar-refractivity contribution is -0.122. The van der Waals surface area contributed by atoms with Crippen LogP contribution in [0.25, 0.3) is 0 Å². The van der Waals surface area contributed by atoms with Crippen molar-refractivity contribution in [3.63, 3.8) is 0 Å². The van der Waals surface area contributed by atoms with Crippen molar-refractivity contribution in [1.82, 2.24) is 4.98 Å². The lowest BCUT2D eigenvalue weighted by atomic mass is 9.97. The van der Waals surface area contributed by atoms with Crippen LogP contribution in [0.4, 0.5) is 11.5 Å². The van der Waals surface area contributed by atoms with Crippen LogP contribution in [-0.4, -0.2) is 43.6 Å². The molecule has 3 N–H and O–H groups in total. The van der Waals surface area contributed by atoms with Crippen molar-refractivity contribution in [3.05, 3.63) is 48.2 Å². The van der Waals surface area contributed by atoms with Crippen LogP contribution < -0.4 is 16.0 Å². The number of anilines is 2. The average Bonchev–Trinajstić information content (AvgIpc) is 2.74. The van der Waals surface area contributed by atoms with E-state index in [9.17, 15) is 18.0 Å². The van der Waals surface area contributed by atoms with Crippen molar-refractivity contribution in [2.45, 2.75) is 36.8 Å². The fourth-order valence-electron chi connectivity index (χ4n) is 3.34. The van der Waals surface area contributed by atoms with E-state index in [0.29, 0.717) is 17.8 Å². The summed E-state index contributed by atoms with van der Waals surface area (Å²) >= 11 is 0. The van der Waals surface area contributed by atoms with E-state index in [-0.39, 0.29) is 22.6 Å². The molecule has 30 heavy (non-hydrogen) atoms. The molecule has 1 aromatic heterocycles. The second-order valence-corrected chi connectivity index (χ2v) is 10.2. The smallest absolute Gasteiger partial charge is 0.255 e. The predicted molar refractivity (Wildman–Crippen MR) is 115 cm³/mol. The number of piperidine rings is 1. The molecule has 1 atom stereocenters. The zero-order valence-electron chi connectivity index (χ0n) is 17.0. The van der Waals surface area contributed by atoms with Gasteiger partial charge in [-0.05, 0) is 63.1 Å². The number of amides is 2. The molecule has 9 heteroatoms. The first-order chi connectivity index (χ1) is 14.2. The summed E-state index contributed by atoms with van der Waals surface area (Å²) in [5.41, 5.74) is 6.29. The minimum Gasteiger partial charge on any atom is -0.369 e. The number of hydrogen-bond acceptors (Lipinski definition) is 6. The summed E-state index contributed by atoms with van der Waals surface area (Å²) in [7, 11) is -3.38. The molecule has 2 heterocycles.